The summed E-state index contributed by atoms with van der Waals surface area (Å²) < 4.78 is 38.4. The number of thiazole rings is 1. The van der Waals surface area contributed by atoms with Crippen LogP contribution in [0.2, 0.25) is 0 Å². The normalized spacial score (nSPS) is 12.0. The molecule has 2 N–H and O–H groups in total. The first-order valence-corrected chi connectivity index (χ1v) is 14.8. The van der Waals surface area contributed by atoms with Gasteiger partial charge >= 0.3 is 0 Å². The molecule has 0 saturated carbocycles. The molecule has 0 radical (unpaired) electrons. The van der Waals surface area contributed by atoms with E-state index in [2.05, 4.69) is 15.0 Å². The van der Waals surface area contributed by atoms with Gasteiger partial charge in [-0.25, -0.2) is 13.4 Å². The summed E-state index contributed by atoms with van der Waals surface area (Å²) in [5.74, 6) is 1.04. The highest BCUT2D eigenvalue weighted by Gasteiger charge is 2.18. The molecular formula is C27H27N3O5S3. The molecule has 1 heterocycles. The third-order valence-corrected chi connectivity index (χ3v) is 8.80. The van der Waals surface area contributed by atoms with Gasteiger partial charge in [0.1, 0.15) is 0 Å². The van der Waals surface area contributed by atoms with E-state index in [1.54, 1.807) is 69.7 Å². The fraction of sp³-hybridized carbons (Fsp3) is 0.185. The zero-order chi connectivity index (χ0) is 27.3. The number of ether oxygens (including phenoxy) is 2. The minimum absolute atomic E-state index is 0.188. The molecule has 0 aliphatic carbocycles. The van der Waals surface area contributed by atoms with Gasteiger partial charge in [-0.1, -0.05) is 17.7 Å². The summed E-state index contributed by atoms with van der Waals surface area (Å²) in [5.41, 5.74) is 2.99. The standard InChI is InChI=1S/C27H27N3O5S3/c1-17-5-12-22(13-6-17)38(32,33)30-20-8-10-21(11-9-20)37-18(2)26(31)29-27-28-23(16-36-27)19-7-14-24(34-3)25(15-19)35-4/h5-16,18,30H,1-4H3,(H,28,29,31). The minimum Gasteiger partial charge on any atom is -0.493 e. The smallest absolute Gasteiger partial charge is 0.261 e. The van der Waals surface area contributed by atoms with Gasteiger partial charge in [-0.15, -0.1) is 23.1 Å². The Hall–Kier alpha value is -3.54. The first-order chi connectivity index (χ1) is 18.2. The Morgan fingerprint density at radius 3 is 2.32 bits per heavy atom. The maximum atomic E-state index is 12.8. The average Bonchev–Trinajstić information content (AvgIpc) is 3.37. The number of aryl methyl sites for hydroxylation is 1. The Kier molecular flexibility index (Phi) is 8.60. The van der Waals surface area contributed by atoms with Gasteiger partial charge in [0.15, 0.2) is 16.6 Å². The number of carbonyl (C=O) groups excluding carboxylic acids is 1. The Morgan fingerprint density at radius 2 is 1.66 bits per heavy atom. The monoisotopic (exact) mass is 569 g/mol. The number of sulfonamides is 1. The van der Waals surface area contributed by atoms with Gasteiger partial charge in [0.05, 0.1) is 30.1 Å². The molecule has 38 heavy (non-hydrogen) atoms. The molecule has 0 bridgehead atoms. The van der Waals surface area contributed by atoms with E-state index in [1.165, 1.54) is 23.1 Å². The van der Waals surface area contributed by atoms with E-state index in [0.717, 1.165) is 21.7 Å². The number of hydrogen-bond acceptors (Lipinski definition) is 8. The molecule has 1 aromatic heterocycles. The summed E-state index contributed by atoms with van der Waals surface area (Å²) >= 11 is 2.70. The predicted molar refractivity (Wildman–Crippen MR) is 153 cm³/mol. The van der Waals surface area contributed by atoms with Crippen molar-refractivity contribution in [1.82, 2.24) is 4.98 Å². The first-order valence-electron chi connectivity index (χ1n) is 11.5. The molecule has 1 atom stereocenters. The topological polar surface area (TPSA) is 107 Å². The number of nitrogens with one attached hydrogen (secondary N) is 2. The van der Waals surface area contributed by atoms with Crippen LogP contribution in [-0.4, -0.2) is 38.8 Å². The minimum atomic E-state index is -3.68. The number of rotatable bonds is 10. The van der Waals surface area contributed by atoms with Crippen LogP contribution in [0, 0.1) is 6.92 Å². The average molecular weight is 570 g/mol. The Labute approximate surface area is 230 Å². The maximum absolute atomic E-state index is 12.8. The van der Waals surface area contributed by atoms with Crippen molar-refractivity contribution < 1.29 is 22.7 Å². The number of anilines is 2. The molecule has 0 aliphatic heterocycles. The van der Waals surface area contributed by atoms with Crippen LogP contribution in [0.5, 0.6) is 11.5 Å². The molecule has 1 amide bonds. The van der Waals surface area contributed by atoms with Crippen LogP contribution >= 0.6 is 23.1 Å². The number of benzene rings is 3. The van der Waals surface area contributed by atoms with Crippen molar-refractivity contribution in [3.8, 4) is 22.8 Å². The summed E-state index contributed by atoms with van der Waals surface area (Å²) in [6.07, 6.45) is 0. The number of hydrogen-bond donors (Lipinski definition) is 2. The Bertz CT molecular complexity index is 1520. The van der Waals surface area contributed by atoms with Crippen molar-refractivity contribution in [3.63, 3.8) is 0 Å². The highest BCUT2D eigenvalue weighted by atomic mass is 32.2. The molecule has 11 heteroatoms. The van der Waals surface area contributed by atoms with Crippen molar-refractivity contribution in [3.05, 3.63) is 77.7 Å². The second-order valence-electron chi connectivity index (χ2n) is 8.30. The van der Waals surface area contributed by atoms with Crippen LogP contribution in [0.25, 0.3) is 11.3 Å². The van der Waals surface area contributed by atoms with E-state index in [4.69, 9.17) is 9.47 Å². The molecule has 0 spiro atoms. The van der Waals surface area contributed by atoms with Gasteiger partial charge in [0, 0.05) is 21.5 Å². The second kappa shape index (κ2) is 11.9. The molecule has 0 aliphatic rings. The summed E-state index contributed by atoms with van der Waals surface area (Å²) in [6.45, 7) is 3.70. The lowest BCUT2D eigenvalue weighted by Crippen LogP contribution is -2.22. The van der Waals surface area contributed by atoms with Gasteiger partial charge < -0.3 is 14.8 Å². The number of carbonyl (C=O) groups is 1. The lowest BCUT2D eigenvalue weighted by Gasteiger charge is -2.12. The van der Waals surface area contributed by atoms with Crippen molar-refractivity contribution in [2.75, 3.05) is 24.3 Å². The van der Waals surface area contributed by atoms with Crippen molar-refractivity contribution in [2.24, 2.45) is 0 Å². The van der Waals surface area contributed by atoms with Gasteiger partial charge in [-0.05, 0) is 68.4 Å². The summed E-state index contributed by atoms with van der Waals surface area (Å²) in [7, 11) is -0.527. The van der Waals surface area contributed by atoms with Crippen LogP contribution in [0.3, 0.4) is 0 Å². The molecule has 198 valence electrons. The first kappa shape index (κ1) is 27.5. The van der Waals surface area contributed by atoms with Gasteiger partial charge in [0.2, 0.25) is 5.91 Å². The molecule has 1 unspecified atom stereocenters. The van der Waals surface area contributed by atoms with E-state index in [9.17, 15) is 13.2 Å². The van der Waals surface area contributed by atoms with Crippen LogP contribution in [0.4, 0.5) is 10.8 Å². The lowest BCUT2D eigenvalue weighted by atomic mass is 10.1. The quantitative estimate of drug-likeness (QED) is 0.224. The van der Waals surface area contributed by atoms with Gasteiger partial charge in [-0.2, -0.15) is 0 Å². The van der Waals surface area contributed by atoms with E-state index in [0.29, 0.717) is 22.3 Å². The fourth-order valence-electron chi connectivity index (χ4n) is 3.46. The van der Waals surface area contributed by atoms with Crippen LogP contribution < -0.4 is 19.5 Å². The summed E-state index contributed by atoms with van der Waals surface area (Å²) in [4.78, 5) is 18.3. The number of thioether (sulfide) groups is 1. The molecule has 0 saturated heterocycles. The van der Waals surface area contributed by atoms with E-state index < -0.39 is 15.3 Å². The molecule has 4 rings (SSSR count). The zero-order valence-electron chi connectivity index (χ0n) is 21.2. The van der Waals surface area contributed by atoms with Crippen LogP contribution in [0.15, 0.2) is 81.9 Å². The number of nitrogens with zero attached hydrogens (tertiary/aromatic N) is 1. The molecule has 0 fully saturated rings. The molecule has 4 aromatic rings. The largest absolute Gasteiger partial charge is 0.493 e. The van der Waals surface area contributed by atoms with Crippen molar-refractivity contribution >= 4 is 49.8 Å². The summed E-state index contributed by atoms with van der Waals surface area (Å²) in [6, 6.07) is 19.1. The zero-order valence-corrected chi connectivity index (χ0v) is 23.7. The third kappa shape index (κ3) is 6.66. The van der Waals surface area contributed by atoms with E-state index in [1.807, 2.05) is 30.5 Å². The Morgan fingerprint density at radius 1 is 0.974 bits per heavy atom. The van der Waals surface area contributed by atoms with Crippen molar-refractivity contribution in [1.29, 1.82) is 0 Å². The second-order valence-corrected chi connectivity index (χ2v) is 12.3. The SMILES string of the molecule is COc1ccc(-c2csc(NC(=O)C(C)Sc3ccc(NS(=O)(=O)c4ccc(C)cc4)cc3)n2)cc1OC. The van der Waals surface area contributed by atoms with Crippen molar-refractivity contribution in [2.45, 2.75) is 28.9 Å². The molecular weight excluding hydrogens is 543 g/mol. The Balaban J connectivity index is 1.35. The molecule has 8 nitrogen and oxygen atoms in total. The highest BCUT2D eigenvalue weighted by molar-refractivity contribution is 8.00. The molecule has 3 aromatic carbocycles. The third-order valence-electron chi connectivity index (χ3n) is 5.53. The number of aromatic nitrogens is 1. The number of methoxy groups -OCH3 is 2. The van der Waals surface area contributed by atoms with Gasteiger partial charge in [-0.3, -0.25) is 9.52 Å². The lowest BCUT2D eigenvalue weighted by molar-refractivity contribution is -0.115. The van der Waals surface area contributed by atoms with E-state index >= 15 is 0 Å². The van der Waals surface area contributed by atoms with Gasteiger partial charge in [0.25, 0.3) is 10.0 Å². The predicted octanol–water partition coefficient (Wildman–Crippen LogP) is 6.06. The van der Waals surface area contributed by atoms with Crippen LogP contribution in [-0.2, 0) is 14.8 Å². The fourth-order valence-corrected chi connectivity index (χ4v) is 6.11. The van der Waals surface area contributed by atoms with E-state index in [-0.39, 0.29) is 10.8 Å². The number of amides is 1. The maximum Gasteiger partial charge on any atom is 0.261 e. The summed E-state index contributed by atoms with van der Waals surface area (Å²) in [5, 5.41) is 4.82. The highest BCUT2D eigenvalue weighted by Crippen LogP contribution is 2.34. The van der Waals surface area contributed by atoms with Crippen LogP contribution in [0.1, 0.15) is 12.5 Å².